The van der Waals surface area contributed by atoms with Crippen molar-refractivity contribution in [1.82, 2.24) is 5.32 Å². The Kier molecular flexibility index (Phi) is 3.94. The SMILES string of the molecule is N=c1oc2ccc(Cl)cc2cc1C(=O)NC[C@@H]1CCCO1. The van der Waals surface area contributed by atoms with Crippen LogP contribution in [0.1, 0.15) is 23.2 Å². The standard InChI is InChI=1S/C15H15ClN2O3/c16-10-3-4-13-9(6-10)7-12(14(17)21-13)15(19)18-8-11-2-1-5-20-11/h3-4,6-7,11,17H,1-2,5,8H2,(H,18,19)/t11-/m0/s1. The van der Waals surface area contributed by atoms with Gasteiger partial charge in [-0.05, 0) is 37.1 Å². The summed E-state index contributed by atoms with van der Waals surface area (Å²) < 4.78 is 10.8. The van der Waals surface area contributed by atoms with Gasteiger partial charge >= 0.3 is 0 Å². The van der Waals surface area contributed by atoms with Crippen LogP contribution in [0.3, 0.4) is 0 Å². The van der Waals surface area contributed by atoms with Crippen LogP contribution in [0.2, 0.25) is 5.02 Å². The Bertz CT molecular complexity index is 735. The van der Waals surface area contributed by atoms with E-state index in [2.05, 4.69) is 5.32 Å². The lowest BCUT2D eigenvalue weighted by Crippen LogP contribution is -2.34. The molecule has 5 nitrogen and oxygen atoms in total. The van der Waals surface area contributed by atoms with Gasteiger partial charge in [-0.25, -0.2) is 0 Å². The molecule has 0 aliphatic carbocycles. The van der Waals surface area contributed by atoms with Crippen molar-refractivity contribution in [2.75, 3.05) is 13.2 Å². The molecule has 1 aromatic heterocycles. The van der Waals surface area contributed by atoms with Crippen LogP contribution < -0.4 is 10.9 Å². The number of rotatable bonds is 3. The number of carbonyl (C=O) groups excluding carboxylic acids is 1. The van der Waals surface area contributed by atoms with Crippen LogP contribution in [0.4, 0.5) is 0 Å². The van der Waals surface area contributed by atoms with Crippen molar-refractivity contribution in [2.24, 2.45) is 0 Å². The number of fused-ring (bicyclic) bond motifs is 1. The van der Waals surface area contributed by atoms with Gasteiger partial charge in [0.25, 0.3) is 5.91 Å². The summed E-state index contributed by atoms with van der Waals surface area (Å²) in [5, 5.41) is 11.9. The van der Waals surface area contributed by atoms with E-state index in [0.717, 1.165) is 19.4 Å². The first-order valence-electron chi connectivity index (χ1n) is 6.81. The largest absolute Gasteiger partial charge is 0.438 e. The summed E-state index contributed by atoms with van der Waals surface area (Å²) in [5.74, 6) is -0.332. The van der Waals surface area contributed by atoms with E-state index in [1.54, 1.807) is 24.3 Å². The second kappa shape index (κ2) is 5.87. The monoisotopic (exact) mass is 306 g/mol. The lowest BCUT2D eigenvalue weighted by atomic mass is 10.1. The third kappa shape index (κ3) is 3.09. The molecule has 1 saturated heterocycles. The maximum Gasteiger partial charge on any atom is 0.256 e. The van der Waals surface area contributed by atoms with Crippen molar-refractivity contribution in [3.05, 3.63) is 40.4 Å². The second-order valence-electron chi connectivity index (χ2n) is 5.02. The van der Waals surface area contributed by atoms with Gasteiger partial charge in [0.2, 0.25) is 5.55 Å². The summed E-state index contributed by atoms with van der Waals surface area (Å²) in [6, 6.07) is 6.70. The summed E-state index contributed by atoms with van der Waals surface area (Å²) >= 11 is 5.93. The predicted molar refractivity (Wildman–Crippen MR) is 78.4 cm³/mol. The molecular formula is C15H15ClN2O3. The molecule has 110 valence electrons. The first-order chi connectivity index (χ1) is 10.1. The zero-order valence-electron chi connectivity index (χ0n) is 11.3. The minimum atomic E-state index is -0.332. The number of carbonyl (C=O) groups is 1. The minimum Gasteiger partial charge on any atom is -0.438 e. The highest BCUT2D eigenvalue weighted by Gasteiger charge is 2.18. The highest BCUT2D eigenvalue weighted by atomic mass is 35.5. The Morgan fingerprint density at radius 2 is 2.29 bits per heavy atom. The van der Waals surface area contributed by atoms with Crippen LogP contribution >= 0.6 is 11.6 Å². The normalized spacial score (nSPS) is 18.0. The number of hydrogen-bond acceptors (Lipinski definition) is 4. The van der Waals surface area contributed by atoms with Crippen molar-refractivity contribution < 1.29 is 13.9 Å². The van der Waals surface area contributed by atoms with E-state index < -0.39 is 0 Å². The van der Waals surface area contributed by atoms with E-state index in [9.17, 15) is 4.79 Å². The average Bonchev–Trinajstić information content (AvgIpc) is 2.98. The lowest BCUT2D eigenvalue weighted by Gasteiger charge is -2.10. The lowest BCUT2D eigenvalue weighted by molar-refractivity contribution is 0.0854. The Balaban J connectivity index is 1.83. The number of nitrogens with one attached hydrogen (secondary N) is 2. The van der Waals surface area contributed by atoms with E-state index in [1.165, 1.54) is 0 Å². The maximum atomic E-state index is 12.2. The Morgan fingerprint density at radius 1 is 1.43 bits per heavy atom. The van der Waals surface area contributed by atoms with Gasteiger partial charge in [-0.15, -0.1) is 0 Å². The van der Waals surface area contributed by atoms with Crippen LogP contribution in [-0.2, 0) is 4.74 Å². The molecule has 6 heteroatoms. The molecule has 0 saturated carbocycles. The molecule has 0 unspecified atom stereocenters. The third-order valence-corrected chi connectivity index (χ3v) is 3.72. The number of ether oxygens (including phenoxy) is 1. The quantitative estimate of drug-likeness (QED) is 0.914. The van der Waals surface area contributed by atoms with Gasteiger partial charge in [0.1, 0.15) is 11.1 Å². The Labute approximate surface area is 126 Å². The summed E-state index contributed by atoms with van der Waals surface area (Å²) in [6.07, 6.45) is 2.04. The van der Waals surface area contributed by atoms with Crippen molar-refractivity contribution in [2.45, 2.75) is 18.9 Å². The number of hydrogen-bond donors (Lipinski definition) is 2. The Hall–Kier alpha value is -1.85. The topological polar surface area (TPSA) is 75.3 Å². The highest BCUT2D eigenvalue weighted by molar-refractivity contribution is 6.31. The van der Waals surface area contributed by atoms with E-state index in [4.69, 9.17) is 26.2 Å². The van der Waals surface area contributed by atoms with Crippen molar-refractivity contribution in [3.8, 4) is 0 Å². The van der Waals surface area contributed by atoms with Crippen molar-refractivity contribution in [3.63, 3.8) is 0 Å². The van der Waals surface area contributed by atoms with Crippen molar-refractivity contribution in [1.29, 1.82) is 5.41 Å². The van der Waals surface area contributed by atoms with E-state index in [0.29, 0.717) is 22.5 Å². The molecule has 0 spiro atoms. The molecule has 0 bridgehead atoms. The summed E-state index contributed by atoms with van der Waals surface area (Å²) in [4.78, 5) is 12.2. The van der Waals surface area contributed by atoms with E-state index >= 15 is 0 Å². The molecule has 1 atom stereocenters. The van der Waals surface area contributed by atoms with Gasteiger partial charge in [-0.2, -0.15) is 0 Å². The molecule has 21 heavy (non-hydrogen) atoms. The summed E-state index contributed by atoms with van der Waals surface area (Å²) in [7, 11) is 0. The summed E-state index contributed by atoms with van der Waals surface area (Å²) in [5.41, 5.74) is 0.567. The molecule has 3 rings (SSSR count). The third-order valence-electron chi connectivity index (χ3n) is 3.49. The van der Waals surface area contributed by atoms with Crippen LogP contribution in [0.5, 0.6) is 0 Å². The first kappa shape index (κ1) is 14.1. The van der Waals surface area contributed by atoms with E-state index in [1.807, 2.05) is 0 Å². The maximum absolute atomic E-state index is 12.2. The van der Waals surface area contributed by atoms with Gasteiger partial charge in [0.15, 0.2) is 0 Å². The number of halogens is 1. The molecular weight excluding hydrogens is 292 g/mol. The zero-order valence-corrected chi connectivity index (χ0v) is 12.1. The summed E-state index contributed by atoms with van der Waals surface area (Å²) in [6.45, 7) is 1.19. The fraction of sp³-hybridized carbons (Fsp3) is 0.333. The Morgan fingerprint density at radius 3 is 3.05 bits per heavy atom. The van der Waals surface area contributed by atoms with Gasteiger partial charge in [-0.1, -0.05) is 11.6 Å². The molecule has 2 aromatic rings. The number of benzene rings is 1. The zero-order chi connectivity index (χ0) is 14.8. The fourth-order valence-electron chi connectivity index (χ4n) is 2.39. The van der Waals surface area contributed by atoms with Crippen molar-refractivity contribution >= 4 is 28.5 Å². The molecule has 2 N–H and O–H groups in total. The van der Waals surface area contributed by atoms with E-state index in [-0.39, 0.29) is 23.1 Å². The van der Waals surface area contributed by atoms with Gasteiger partial charge in [0.05, 0.1) is 6.10 Å². The highest BCUT2D eigenvalue weighted by Crippen LogP contribution is 2.19. The van der Waals surface area contributed by atoms with Crippen LogP contribution in [0.25, 0.3) is 11.0 Å². The van der Waals surface area contributed by atoms with Crippen LogP contribution in [-0.4, -0.2) is 25.2 Å². The molecule has 2 heterocycles. The van der Waals surface area contributed by atoms with Gasteiger partial charge in [-0.3, -0.25) is 10.2 Å². The molecule has 1 aliphatic heterocycles. The second-order valence-corrected chi connectivity index (χ2v) is 5.45. The van der Waals surface area contributed by atoms with Gasteiger partial charge < -0.3 is 14.5 Å². The van der Waals surface area contributed by atoms with Crippen LogP contribution in [0, 0.1) is 5.41 Å². The predicted octanol–water partition coefficient (Wildman–Crippen LogP) is 2.47. The molecule has 0 radical (unpaired) electrons. The molecule has 1 amide bonds. The molecule has 1 fully saturated rings. The minimum absolute atomic E-state index is 0.0648. The average molecular weight is 307 g/mol. The molecule has 1 aliphatic rings. The first-order valence-corrected chi connectivity index (χ1v) is 7.19. The molecule has 1 aromatic carbocycles. The smallest absolute Gasteiger partial charge is 0.256 e. The number of amides is 1. The fourth-order valence-corrected chi connectivity index (χ4v) is 2.57. The van der Waals surface area contributed by atoms with Crippen LogP contribution in [0.15, 0.2) is 28.7 Å². The van der Waals surface area contributed by atoms with Gasteiger partial charge in [0, 0.05) is 23.6 Å².